The van der Waals surface area contributed by atoms with Crippen LogP contribution in [0, 0.1) is 11.6 Å². The Morgan fingerprint density at radius 3 is 2.39 bits per heavy atom. The summed E-state index contributed by atoms with van der Waals surface area (Å²) in [5, 5.41) is 0.416. The van der Waals surface area contributed by atoms with E-state index < -0.39 is 27.2 Å². The van der Waals surface area contributed by atoms with Gasteiger partial charge in [0.25, 0.3) is 0 Å². The Labute approximate surface area is 114 Å². The minimum absolute atomic E-state index is 0.290. The molecule has 3 nitrogen and oxygen atoms in total. The van der Waals surface area contributed by atoms with Crippen LogP contribution < -0.4 is 4.72 Å². The molecule has 0 saturated heterocycles. The molecule has 0 amide bonds. The summed E-state index contributed by atoms with van der Waals surface area (Å²) >= 11 is 3.22. The maximum Gasteiger partial charge on any atom is 0.241 e. The van der Waals surface area contributed by atoms with E-state index in [1.807, 2.05) is 6.92 Å². The van der Waals surface area contributed by atoms with E-state index in [1.54, 1.807) is 6.92 Å². The number of halogens is 3. The first-order valence-corrected chi connectivity index (χ1v) is 7.89. The predicted molar refractivity (Wildman–Crippen MR) is 69.2 cm³/mol. The van der Waals surface area contributed by atoms with Crippen molar-refractivity contribution in [3.63, 3.8) is 0 Å². The van der Waals surface area contributed by atoms with Gasteiger partial charge in [0.2, 0.25) is 10.0 Å². The Balaban J connectivity index is 3.10. The van der Waals surface area contributed by atoms with Gasteiger partial charge in [-0.05, 0) is 31.5 Å². The van der Waals surface area contributed by atoms with E-state index in [4.69, 9.17) is 0 Å². The van der Waals surface area contributed by atoms with E-state index in [2.05, 4.69) is 20.7 Å². The van der Waals surface area contributed by atoms with Crippen molar-refractivity contribution in [1.29, 1.82) is 0 Å². The van der Waals surface area contributed by atoms with Gasteiger partial charge in [0.15, 0.2) is 11.6 Å². The van der Waals surface area contributed by atoms with E-state index in [9.17, 15) is 17.2 Å². The number of benzene rings is 1. The molecule has 0 heterocycles. The molecular formula is C11H14BrF2NO2S. The quantitative estimate of drug-likeness (QED) is 0.837. The van der Waals surface area contributed by atoms with E-state index >= 15 is 0 Å². The second-order valence-corrected chi connectivity index (χ2v) is 6.47. The molecule has 0 bridgehead atoms. The van der Waals surface area contributed by atoms with E-state index in [1.165, 1.54) is 0 Å². The fourth-order valence-electron chi connectivity index (χ4n) is 1.22. The maximum atomic E-state index is 13.0. The van der Waals surface area contributed by atoms with Crippen molar-refractivity contribution in [2.24, 2.45) is 0 Å². The summed E-state index contributed by atoms with van der Waals surface area (Å²) in [5.41, 5.74) is -0.677. The first-order chi connectivity index (χ1) is 8.24. The summed E-state index contributed by atoms with van der Waals surface area (Å²) in [7, 11) is -3.87. The normalized spacial score (nSPS) is 15.4. The molecule has 0 spiro atoms. The minimum atomic E-state index is -3.87. The Bertz CT molecular complexity index is 530. The molecule has 0 fully saturated rings. The highest BCUT2D eigenvalue weighted by molar-refractivity contribution is 9.09. The summed E-state index contributed by atoms with van der Waals surface area (Å²) in [4.78, 5) is -0.290. The fourth-order valence-corrected chi connectivity index (χ4v) is 3.43. The van der Waals surface area contributed by atoms with Crippen LogP contribution >= 0.6 is 15.9 Å². The van der Waals surface area contributed by atoms with Crippen molar-refractivity contribution < 1.29 is 17.2 Å². The number of hydrogen-bond acceptors (Lipinski definition) is 2. The predicted octanol–water partition coefficient (Wildman–Crippen LogP) is 2.81. The van der Waals surface area contributed by atoms with Gasteiger partial charge in [-0.15, -0.1) is 0 Å². The molecular weight excluding hydrogens is 328 g/mol. The average Bonchev–Trinajstić information content (AvgIpc) is 2.32. The zero-order valence-electron chi connectivity index (χ0n) is 10.0. The van der Waals surface area contributed by atoms with Crippen LogP contribution in [0.4, 0.5) is 8.78 Å². The van der Waals surface area contributed by atoms with Gasteiger partial charge >= 0.3 is 0 Å². The van der Waals surface area contributed by atoms with Crippen molar-refractivity contribution in [2.45, 2.75) is 30.7 Å². The van der Waals surface area contributed by atoms with Crippen molar-refractivity contribution in [2.75, 3.05) is 5.33 Å². The van der Waals surface area contributed by atoms with Gasteiger partial charge in [0, 0.05) is 10.9 Å². The highest BCUT2D eigenvalue weighted by Gasteiger charge is 2.28. The van der Waals surface area contributed by atoms with Gasteiger partial charge in [-0.2, -0.15) is 0 Å². The minimum Gasteiger partial charge on any atom is -0.207 e. The maximum absolute atomic E-state index is 13.0. The van der Waals surface area contributed by atoms with Gasteiger partial charge < -0.3 is 0 Å². The molecule has 0 aromatic heterocycles. The van der Waals surface area contributed by atoms with Crippen molar-refractivity contribution in [3.8, 4) is 0 Å². The number of rotatable bonds is 5. The molecule has 0 saturated carbocycles. The monoisotopic (exact) mass is 341 g/mol. The molecule has 0 aliphatic rings. The van der Waals surface area contributed by atoms with Gasteiger partial charge in [-0.25, -0.2) is 21.9 Å². The molecule has 1 atom stereocenters. The summed E-state index contributed by atoms with van der Waals surface area (Å²) in [6.07, 6.45) is 0.557. The van der Waals surface area contributed by atoms with Crippen molar-refractivity contribution >= 4 is 26.0 Å². The fraction of sp³-hybridized carbons (Fsp3) is 0.455. The topological polar surface area (TPSA) is 46.2 Å². The lowest BCUT2D eigenvalue weighted by atomic mass is 10.0. The van der Waals surface area contributed by atoms with Crippen LogP contribution in [-0.4, -0.2) is 19.3 Å². The Morgan fingerprint density at radius 1 is 1.33 bits per heavy atom. The molecule has 1 aromatic carbocycles. The molecule has 0 radical (unpaired) electrons. The zero-order chi connectivity index (χ0) is 14.0. The van der Waals surface area contributed by atoms with Crippen LogP contribution in [0.25, 0.3) is 0 Å². The third-order valence-electron chi connectivity index (χ3n) is 2.66. The summed E-state index contributed by atoms with van der Waals surface area (Å²) in [6, 6.07) is 2.49. The molecule has 0 aliphatic heterocycles. The van der Waals surface area contributed by atoms with Crippen LogP contribution in [0.1, 0.15) is 20.3 Å². The lowest BCUT2D eigenvalue weighted by Gasteiger charge is -2.26. The summed E-state index contributed by atoms with van der Waals surface area (Å²) in [5.74, 6) is -2.26. The molecule has 1 unspecified atom stereocenters. The van der Waals surface area contributed by atoms with E-state index in [0.29, 0.717) is 17.8 Å². The number of hydrogen-bond donors (Lipinski definition) is 1. The second kappa shape index (κ2) is 5.63. The second-order valence-electron chi connectivity index (χ2n) is 4.23. The Morgan fingerprint density at radius 2 is 1.94 bits per heavy atom. The van der Waals surface area contributed by atoms with Crippen LogP contribution in [0.3, 0.4) is 0 Å². The first-order valence-electron chi connectivity index (χ1n) is 5.29. The summed E-state index contributed by atoms with van der Waals surface area (Å²) in [6.45, 7) is 3.55. The number of alkyl halides is 1. The summed E-state index contributed by atoms with van der Waals surface area (Å²) < 4.78 is 52.3. The van der Waals surface area contributed by atoms with Crippen LogP contribution in [0.15, 0.2) is 23.1 Å². The Hall–Kier alpha value is -0.530. The molecule has 1 aromatic rings. The molecule has 7 heteroatoms. The van der Waals surface area contributed by atoms with Gasteiger partial charge in [0.05, 0.1) is 4.90 Å². The van der Waals surface area contributed by atoms with E-state index in [-0.39, 0.29) is 4.90 Å². The molecule has 102 valence electrons. The zero-order valence-corrected chi connectivity index (χ0v) is 12.4. The molecule has 18 heavy (non-hydrogen) atoms. The number of nitrogens with one attached hydrogen (secondary N) is 1. The average molecular weight is 342 g/mol. The SMILES string of the molecule is CCC(C)(CBr)NS(=O)(=O)c1ccc(F)c(F)c1. The number of sulfonamides is 1. The highest BCUT2D eigenvalue weighted by Crippen LogP contribution is 2.19. The third kappa shape index (κ3) is 3.49. The van der Waals surface area contributed by atoms with Crippen LogP contribution in [0.5, 0.6) is 0 Å². The van der Waals surface area contributed by atoms with E-state index in [0.717, 1.165) is 12.1 Å². The standard InChI is InChI=1S/C11H14BrF2NO2S/c1-3-11(2,7-12)15-18(16,17)8-4-5-9(13)10(14)6-8/h4-6,15H,3,7H2,1-2H3. The van der Waals surface area contributed by atoms with Gasteiger partial charge in [-0.1, -0.05) is 22.9 Å². The van der Waals surface area contributed by atoms with Gasteiger partial charge in [0.1, 0.15) is 0 Å². The largest absolute Gasteiger partial charge is 0.241 e. The molecule has 0 aliphatic carbocycles. The first kappa shape index (κ1) is 15.5. The Kier molecular flexibility index (Phi) is 4.85. The third-order valence-corrected chi connectivity index (χ3v) is 5.53. The van der Waals surface area contributed by atoms with Gasteiger partial charge in [-0.3, -0.25) is 0 Å². The smallest absolute Gasteiger partial charge is 0.207 e. The lowest BCUT2D eigenvalue weighted by molar-refractivity contribution is 0.448. The van der Waals surface area contributed by atoms with Crippen molar-refractivity contribution in [3.05, 3.63) is 29.8 Å². The highest BCUT2D eigenvalue weighted by atomic mass is 79.9. The van der Waals surface area contributed by atoms with Crippen molar-refractivity contribution in [1.82, 2.24) is 4.72 Å². The molecule has 1 rings (SSSR count). The van der Waals surface area contributed by atoms with Crippen LogP contribution in [-0.2, 0) is 10.0 Å². The lowest BCUT2D eigenvalue weighted by Crippen LogP contribution is -2.46. The molecule has 1 N–H and O–H groups in total. The van der Waals surface area contributed by atoms with Crippen LogP contribution in [0.2, 0.25) is 0 Å².